The molecule has 3 aliphatic rings. The van der Waals surface area contributed by atoms with Crippen molar-refractivity contribution in [2.75, 3.05) is 22.6 Å². The molecule has 0 radical (unpaired) electrons. The van der Waals surface area contributed by atoms with Gasteiger partial charge in [0, 0.05) is 33.3 Å². The summed E-state index contributed by atoms with van der Waals surface area (Å²) in [6.07, 6.45) is 10.2. The van der Waals surface area contributed by atoms with Crippen LogP contribution >= 0.6 is 0 Å². The molecule has 0 saturated heterocycles. The first-order valence-electron chi connectivity index (χ1n) is 12.5. The van der Waals surface area contributed by atoms with E-state index in [0.29, 0.717) is 16.8 Å². The highest BCUT2D eigenvalue weighted by Crippen LogP contribution is 2.50. The summed E-state index contributed by atoms with van der Waals surface area (Å²) in [5, 5.41) is 20.7. The van der Waals surface area contributed by atoms with Gasteiger partial charge in [-0.3, -0.25) is 4.79 Å². The molecular weight excluding hydrogens is 485 g/mol. The van der Waals surface area contributed by atoms with Crippen molar-refractivity contribution in [3.05, 3.63) is 73.2 Å². The molecule has 1 heterocycles. The van der Waals surface area contributed by atoms with Gasteiger partial charge in [0.1, 0.15) is 5.75 Å². The van der Waals surface area contributed by atoms with Crippen molar-refractivity contribution in [1.82, 2.24) is 9.97 Å². The second-order valence-corrected chi connectivity index (χ2v) is 9.71. The molecule has 0 unspecified atom stereocenters. The number of nitrogens with zero attached hydrogens (tertiary/aromatic N) is 4. The van der Waals surface area contributed by atoms with Crippen LogP contribution in [0.4, 0.5) is 33.2 Å². The third-order valence-electron chi connectivity index (χ3n) is 7.23. The lowest BCUT2D eigenvalue weighted by atomic mass is 9.61. The van der Waals surface area contributed by atoms with E-state index in [1.54, 1.807) is 24.3 Å². The van der Waals surface area contributed by atoms with Crippen LogP contribution in [0.1, 0.15) is 38.5 Å². The summed E-state index contributed by atoms with van der Waals surface area (Å²) in [6.45, 7) is 4.21. The summed E-state index contributed by atoms with van der Waals surface area (Å²) in [7, 11) is 0. The van der Waals surface area contributed by atoms with Crippen LogP contribution in [0.5, 0.6) is 5.75 Å². The zero-order valence-corrected chi connectivity index (χ0v) is 21.0. The van der Waals surface area contributed by atoms with Crippen molar-refractivity contribution in [2.45, 2.75) is 38.5 Å². The highest BCUT2D eigenvalue weighted by atomic mass is 19.1. The van der Waals surface area contributed by atoms with Crippen LogP contribution in [-0.2, 0) is 4.79 Å². The van der Waals surface area contributed by atoms with E-state index < -0.39 is 5.82 Å². The van der Waals surface area contributed by atoms with Crippen molar-refractivity contribution in [1.29, 1.82) is 10.8 Å². The lowest BCUT2D eigenvalue weighted by molar-refractivity contribution is -0.111. The third kappa shape index (κ3) is 6.62. The van der Waals surface area contributed by atoms with Gasteiger partial charge in [0.25, 0.3) is 0 Å². The maximum Gasteiger partial charge on any atom is 0.247 e. The molecule has 3 N–H and O–H groups in total. The van der Waals surface area contributed by atoms with E-state index in [1.807, 2.05) is 24.3 Å². The highest BCUT2D eigenvalue weighted by Gasteiger charge is 2.40. The molecule has 6 rings (SSSR count). The van der Waals surface area contributed by atoms with E-state index in [4.69, 9.17) is 15.5 Å². The van der Waals surface area contributed by atoms with Crippen LogP contribution in [0.3, 0.4) is 0 Å². The monoisotopic (exact) mass is 515 g/mol. The Balaban J connectivity index is 0.00000164. The Morgan fingerprint density at radius 1 is 1.05 bits per heavy atom. The molecule has 0 atom stereocenters. The van der Waals surface area contributed by atoms with Gasteiger partial charge in [-0.25, -0.2) is 9.37 Å². The summed E-state index contributed by atoms with van der Waals surface area (Å²) in [5.41, 5.74) is 2.24. The summed E-state index contributed by atoms with van der Waals surface area (Å²) >= 11 is 0. The number of carbonyl (C=O) groups is 1. The number of carbonyl (C=O) groups excluding carboxylic acids is 1. The SMILES string of the molecule is C=CC(=O)Nc1cccc(Nc2nc(Nc3ccc(OCC45CCC(CC4)CC5)cc3)ncc2F)c1.N#N. The van der Waals surface area contributed by atoms with E-state index in [9.17, 15) is 9.18 Å². The normalized spacial score (nSPS) is 19.4. The Morgan fingerprint density at radius 2 is 1.74 bits per heavy atom. The molecular formula is C28H30FN7O2. The minimum Gasteiger partial charge on any atom is -0.493 e. The fraction of sp³-hybridized carbons (Fsp3) is 0.321. The minimum atomic E-state index is -0.596. The van der Waals surface area contributed by atoms with Crippen molar-refractivity contribution >= 4 is 34.7 Å². The van der Waals surface area contributed by atoms with Gasteiger partial charge in [-0.05, 0) is 93.0 Å². The average molecular weight is 516 g/mol. The van der Waals surface area contributed by atoms with Gasteiger partial charge < -0.3 is 20.7 Å². The molecule has 2 bridgehead atoms. The maximum atomic E-state index is 14.4. The molecule has 38 heavy (non-hydrogen) atoms. The third-order valence-corrected chi connectivity index (χ3v) is 7.23. The Morgan fingerprint density at radius 3 is 2.42 bits per heavy atom. The molecule has 2 aromatic carbocycles. The number of nitrogens with one attached hydrogen (secondary N) is 3. The van der Waals surface area contributed by atoms with E-state index in [2.05, 4.69) is 32.5 Å². The van der Waals surface area contributed by atoms with Crippen molar-refractivity contribution in [3.63, 3.8) is 0 Å². The van der Waals surface area contributed by atoms with E-state index in [0.717, 1.165) is 30.2 Å². The Kier molecular flexibility index (Phi) is 8.48. The first-order chi connectivity index (χ1) is 18.5. The molecule has 9 nitrogen and oxygen atoms in total. The van der Waals surface area contributed by atoms with Crippen molar-refractivity contribution < 1.29 is 13.9 Å². The van der Waals surface area contributed by atoms with Gasteiger partial charge in [0.05, 0.1) is 12.8 Å². The Bertz CT molecular complexity index is 1270. The Labute approximate surface area is 221 Å². The van der Waals surface area contributed by atoms with Crippen LogP contribution in [0, 0.1) is 27.9 Å². The Hall–Kier alpha value is -4.52. The average Bonchev–Trinajstić information content (AvgIpc) is 2.97. The number of hydrogen-bond acceptors (Lipinski definition) is 8. The van der Waals surface area contributed by atoms with Gasteiger partial charge >= 0.3 is 0 Å². The molecule has 3 aliphatic carbocycles. The van der Waals surface area contributed by atoms with Crippen molar-refractivity contribution in [3.8, 4) is 5.75 Å². The van der Waals surface area contributed by atoms with Crippen molar-refractivity contribution in [2.24, 2.45) is 11.3 Å². The summed E-state index contributed by atoms with van der Waals surface area (Å²) in [4.78, 5) is 19.9. The quantitative estimate of drug-likeness (QED) is 0.214. The number of fused-ring (bicyclic) bond motifs is 3. The lowest BCUT2D eigenvalue weighted by Crippen LogP contribution is -2.38. The smallest absolute Gasteiger partial charge is 0.247 e. The molecule has 10 heteroatoms. The number of hydrogen-bond donors (Lipinski definition) is 3. The first-order valence-corrected chi connectivity index (χ1v) is 12.5. The topological polar surface area (TPSA) is 136 Å². The van der Waals surface area contributed by atoms with Crippen LogP contribution in [-0.4, -0.2) is 22.5 Å². The molecule has 0 spiro atoms. The van der Waals surface area contributed by atoms with Gasteiger partial charge in [-0.15, -0.1) is 0 Å². The van der Waals surface area contributed by atoms with E-state index >= 15 is 0 Å². The van der Waals surface area contributed by atoms with Crippen LogP contribution in [0.2, 0.25) is 0 Å². The summed E-state index contributed by atoms with van der Waals surface area (Å²) in [6, 6.07) is 14.5. The standard InChI is InChI=1S/C28H30FN5O2.N2/c1-2-25(35)31-21-4-3-5-22(16-21)32-26-24(29)17-30-27(34-26)33-20-6-8-23(9-7-20)36-18-28-13-10-19(11-14-28)12-15-28;1-2/h2-9,16-17,19H,1,10-15,18H2,(H,31,35)(H2,30,32,33,34);. The number of aromatic nitrogens is 2. The van der Waals surface area contributed by atoms with E-state index in [-0.39, 0.29) is 17.7 Å². The lowest BCUT2D eigenvalue weighted by Gasteiger charge is -2.46. The molecule has 1 amide bonds. The fourth-order valence-corrected chi connectivity index (χ4v) is 5.08. The molecule has 3 fully saturated rings. The van der Waals surface area contributed by atoms with Gasteiger partial charge in [-0.1, -0.05) is 12.6 Å². The highest BCUT2D eigenvalue weighted by molar-refractivity contribution is 5.99. The van der Waals surface area contributed by atoms with E-state index in [1.165, 1.54) is 44.6 Å². The van der Waals surface area contributed by atoms with Crippen LogP contribution in [0.25, 0.3) is 0 Å². The minimum absolute atomic E-state index is 0.0149. The molecule has 1 aromatic heterocycles. The number of amides is 1. The summed E-state index contributed by atoms with van der Waals surface area (Å²) < 4.78 is 20.6. The van der Waals surface area contributed by atoms with Gasteiger partial charge in [0.2, 0.25) is 11.9 Å². The van der Waals surface area contributed by atoms with Crippen LogP contribution in [0.15, 0.2) is 67.4 Å². The first kappa shape index (κ1) is 26.5. The number of anilines is 5. The predicted molar refractivity (Wildman–Crippen MR) is 143 cm³/mol. The number of halogens is 1. The molecule has 3 saturated carbocycles. The number of ether oxygens (including phenoxy) is 1. The van der Waals surface area contributed by atoms with Gasteiger partial charge in [-0.2, -0.15) is 4.98 Å². The largest absolute Gasteiger partial charge is 0.493 e. The van der Waals surface area contributed by atoms with Gasteiger partial charge in [0.15, 0.2) is 11.6 Å². The molecule has 196 valence electrons. The second kappa shape index (κ2) is 12.1. The zero-order valence-electron chi connectivity index (χ0n) is 21.0. The molecule has 3 aromatic rings. The number of rotatable bonds is 9. The maximum absolute atomic E-state index is 14.4. The predicted octanol–water partition coefficient (Wildman–Crippen LogP) is 6.61. The zero-order chi connectivity index (χ0) is 27.0. The summed E-state index contributed by atoms with van der Waals surface area (Å²) in [5.74, 6) is 1.12. The molecule has 0 aliphatic heterocycles. The second-order valence-electron chi connectivity index (χ2n) is 9.71. The fourth-order valence-electron chi connectivity index (χ4n) is 5.08. The van der Waals surface area contributed by atoms with Crippen LogP contribution < -0.4 is 20.7 Å². The number of benzene rings is 2.